The van der Waals surface area contributed by atoms with Crippen LogP contribution in [0, 0.1) is 6.92 Å². The molecule has 4 heteroatoms. The number of rotatable bonds is 3. The van der Waals surface area contributed by atoms with Crippen molar-refractivity contribution in [3.05, 3.63) is 65.0 Å². The Hall–Kier alpha value is -2.13. The molecule has 0 aliphatic heterocycles. The molecule has 0 atom stereocenters. The summed E-state index contributed by atoms with van der Waals surface area (Å²) < 4.78 is 0. The van der Waals surface area contributed by atoms with E-state index in [9.17, 15) is 4.79 Å². The number of halogens is 1. The first-order chi connectivity index (χ1) is 9.15. The first-order valence-corrected chi connectivity index (χ1v) is 6.18. The number of amides is 1. The molecule has 0 aliphatic rings. The molecule has 0 unspecified atom stereocenters. The lowest BCUT2D eigenvalue weighted by Gasteiger charge is -2.05. The van der Waals surface area contributed by atoms with E-state index in [0.717, 1.165) is 11.1 Å². The minimum Gasteiger partial charge on any atom is -0.321 e. The van der Waals surface area contributed by atoms with Crippen molar-refractivity contribution in [3.63, 3.8) is 0 Å². The summed E-state index contributed by atoms with van der Waals surface area (Å²) in [5.74, 6) is -0.227. The van der Waals surface area contributed by atoms with Crippen molar-refractivity contribution in [2.45, 2.75) is 6.92 Å². The molecular weight excluding hydrogens is 260 g/mol. The van der Waals surface area contributed by atoms with E-state index in [1.54, 1.807) is 24.5 Å². The largest absolute Gasteiger partial charge is 0.321 e. The second-order valence-corrected chi connectivity index (χ2v) is 4.50. The smallest absolute Gasteiger partial charge is 0.248 e. The first kappa shape index (κ1) is 13.3. The minimum absolute atomic E-state index is 0.227. The number of aryl methyl sites for hydroxylation is 1. The van der Waals surface area contributed by atoms with Gasteiger partial charge in [0.2, 0.25) is 5.91 Å². The lowest BCUT2D eigenvalue weighted by Crippen LogP contribution is -2.08. The van der Waals surface area contributed by atoms with Crippen LogP contribution in [-0.4, -0.2) is 10.9 Å². The number of hydrogen-bond donors (Lipinski definition) is 1. The highest BCUT2D eigenvalue weighted by Crippen LogP contribution is 2.22. The molecule has 96 valence electrons. The third-order valence-corrected chi connectivity index (χ3v) is 2.81. The van der Waals surface area contributed by atoms with Crippen molar-refractivity contribution in [2.75, 3.05) is 5.32 Å². The highest BCUT2D eigenvalue weighted by atomic mass is 35.5. The van der Waals surface area contributed by atoms with Crippen LogP contribution in [0.5, 0.6) is 0 Å². The summed E-state index contributed by atoms with van der Waals surface area (Å²) in [5, 5.41) is 3.26. The van der Waals surface area contributed by atoms with Gasteiger partial charge in [-0.05, 0) is 42.3 Å². The Balaban J connectivity index is 2.04. The van der Waals surface area contributed by atoms with Gasteiger partial charge in [0, 0.05) is 18.5 Å². The van der Waals surface area contributed by atoms with Crippen molar-refractivity contribution < 1.29 is 4.79 Å². The molecule has 0 fully saturated rings. The summed E-state index contributed by atoms with van der Waals surface area (Å²) >= 11 is 6.04. The monoisotopic (exact) mass is 272 g/mol. The first-order valence-electron chi connectivity index (χ1n) is 5.80. The van der Waals surface area contributed by atoms with Crippen LogP contribution in [0.4, 0.5) is 5.69 Å². The molecule has 0 aliphatic carbocycles. The number of nitrogens with one attached hydrogen (secondary N) is 1. The Morgan fingerprint density at radius 2 is 2.21 bits per heavy atom. The molecule has 19 heavy (non-hydrogen) atoms. The molecule has 1 N–H and O–H groups in total. The summed E-state index contributed by atoms with van der Waals surface area (Å²) in [6, 6.07) is 9.17. The van der Waals surface area contributed by atoms with Gasteiger partial charge in [0.15, 0.2) is 0 Å². The Morgan fingerprint density at radius 1 is 1.37 bits per heavy atom. The quantitative estimate of drug-likeness (QED) is 0.866. The highest BCUT2D eigenvalue weighted by molar-refractivity contribution is 6.33. The van der Waals surface area contributed by atoms with E-state index in [1.165, 1.54) is 6.08 Å². The van der Waals surface area contributed by atoms with E-state index in [-0.39, 0.29) is 5.91 Å². The van der Waals surface area contributed by atoms with E-state index in [0.29, 0.717) is 10.7 Å². The topological polar surface area (TPSA) is 42.0 Å². The van der Waals surface area contributed by atoms with Crippen molar-refractivity contribution in [3.8, 4) is 0 Å². The number of carbonyl (C=O) groups excluding carboxylic acids is 1. The van der Waals surface area contributed by atoms with E-state index in [1.807, 2.05) is 31.2 Å². The average Bonchev–Trinajstić information content (AvgIpc) is 2.41. The molecular formula is C15H13ClN2O. The van der Waals surface area contributed by atoms with E-state index in [4.69, 9.17) is 11.6 Å². The van der Waals surface area contributed by atoms with Crippen molar-refractivity contribution in [1.29, 1.82) is 0 Å². The summed E-state index contributed by atoms with van der Waals surface area (Å²) in [5.41, 5.74) is 2.52. The number of hydrogen-bond acceptors (Lipinski definition) is 2. The zero-order chi connectivity index (χ0) is 13.7. The molecule has 0 bridgehead atoms. The number of pyridine rings is 1. The lowest BCUT2D eigenvalue weighted by molar-refractivity contribution is -0.111. The summed E-state index contributed by atoms with van der Waals surface area (Å²) in [6.07, 6.45) is 6.52. The van der Waals surface area contributed by atoms with Crippen LogP contribution in [0.15, 0.2) is 48.8 Å². The average molecular weight is 273 g/mol. The van der Waals surface area contributed by atoms with Crippen LogP contribution in [0.3, 0.4) is 0 Å². The van der Waals surface area contributed by atoms with Crippen LogP contribution in [0.1, 0.15) is 11.1 Å². The lowest BCUT2D eigenvalue weighted by atomic mass is 10.2. The number of carbonyl (C=O) groups is 1. The molecule has 1 heterocycles. The number of nitrogens with zero attached hydrogens (tertiary/aromatic N) is 1. The molecule has 1 aromatic heterocycles. The molecule has 2 aromatic rings. The van der Waals surface area contributed by atoms with Gasteiger partial charge in [0.05, 0.1) is 10.7 Å². The Kier molecular flexibility index (Phi) is 4.31. The van der Waals surface area contributed by atoms with E-state index < -0.39 is 0 Å². The second kappa shape index (κ2) is 6.16. The van der Waals surface area contributed by atoms with Crippen molar-refractivity contribution in [1.82, 2.24) is 4.98 Å². The molecule has 1 amide bonds. The van der Waals surface area contributed by atoms with Crippen LogP contribution >= 0.6 is 11.6 Å². The molecule has 0 saturated heterocycles. The van der Waals surface area contributed by atoms with Gasteiger partial charge in [-0.15, -0.1) is 0 Å². The van der Waals surface area contributed by atoms with Gasteiger partial charge >= 0.3 is 0 Å². The van der Waals surface area contributed by atoms with Gasteiger partial charge in [-0.3, -0.25) is 9.78 Å². The fourth-order valence-corrected chi connectivity index (χ4v) is 1.82. The molecule has 2 rings (SSSR count). The number of benzene rings is 1. The predicted octanol–water partition coefficient (Wildman–Crippen LogP) is 3.70. The van der Waals surface area contributed by atoms with E-state index >= 15 is 0 Å². The molecule has 3 nitrogen and oxygen atoms in total. The van der Waals surface area contributed by atoms with Gasteiger partial charge in [0.1, 0.15) is 0 Å². The molecule has 0 saturated carbocycles. The maximum Gasteiger partial charge on any atom is 0.248 e. The fraction of sp³-hybridized carbons (Fsp3) is 0.0667. The predicted molar refractivity (Wildman–Crippen MR) is 78.1 cm³/mol. The standard InChI is InChI=1S/C15H13ClN2O/c1-11-4-6-14(13(16)9-11)18-15(19)7-5-12-3-2-8-17-10-12/h2-10H,1H3,(H,18,19). The van der Waals surface area contributed by atoms with Crippen LogP contribution in [-0.2, 0) is 4.79 Å². The summed E-state index contributed by atoms with van der Waals surface area (Å²) in [4.78, 5) is 15.7. The zero-order valence-corrected chi connectivity index (χ0v) is 11.2. The minimum atomic E-state index is -0.227. The Labute approximate surface area is 116 Å². The normalized spacial score (nSPS) is 10.6. The molecule has 0 spiro atoms. The number of aromatic nitrogens is 1. The summed E-state index contributed by atoms with van der Waals surface area (Å²) in [7, 11) is 0. The maximum atomic E-state index is 11.7. The van der Waals surface area contributed by atoms with Gasteiger partial charge in [-0.2, -0.15) is 0 Å². The van der Waals surface area contributed by atoms with Crippen LogP contribution in [0.25, 0.3) is 6.08 Å². The van der Waals surface area contributed by atoms with Crippen molar-refractivity contribution >= 4 is 29.3 Å². The van der Waals surface area contributed by atoms with Crippen LogP contribution in [0.2, 0.25) is 5.02 Å². The second-order valence-electron chi connectivity index (χ2n) is 4.09. The zero-order valence-electron chi connectivity index (χ0n) is 10.4. The van der Waals surface area contributed by atoms with E-state index in [2.05, 4.69) is 10.3 Å². The maximum absolute atomic E-state index is 11.7. The Bertz CT molecular complexity index is 609. The fourth-order valence-electron chi connectivity index (χ4n) is 1.54. The van der Waals surface area contributed by atoms with Crippen LogP contribution < -0.4 is 5.32 Å². The third-order valence-electron chi connectivity index (χ3n) is 2.49. The van der Waals surface area contributed by atoms with Gasteiger partial charge in [-0.1, -0.05) is 23.7 Å². The Morgan fingerprint density at radius 3 is 2.89 bits per heavy atom. The van der Waals surface area contributed by atoms with Gasteiger partial charge < -0.3 is 5.32 Å². The van der Waals surface area contributed by atoms with Crippen molar-refractivity contribution in [2.24, 2.45) is 0 Å². The third kappa shape index (κ3) is 3.93. The molecule has 1 aromatic carbocycles. The molecule has 0 radical (unpaired) electrons. The highest BCUT2D eigenvalue weighted by Gasteiger charge is 2.02. The van der Waals surface area contributed by atoms with Gasteiger partial charge in [0.25, 0.3) is 0 Å². The number of anilines is 1. The summed E-state index contributed by atoms with van der Waals surface area (Å²) in [6.45, 7) is 1.94. The SMILES string of the molecule is Cc1ccc(NC(=O)C=Cc2cccnc2)c(Cl)c1. The van der Waals surface area contributed by atoms with Gasteiger partial charge in [-0.25, -0.2) is 0 Å².